The summed E-state index contributed by atoms with van der Waals surface area (Å²) in [5, 5.41) is 4.20. The van der Waals surface area contributed by atoms with Gasteiger partial charge in [-0.05, 0) is 29.8 Å². The number of rotatable bonds is 9. The van der Waals surface area contributed by atoms with Gasteiger partial charge >= 0.3 is 0 Å². The van der Waals surface area contributed by atoms with Crippen molar-refractivity contribution in [1.82, 2.24) is 14.9 Å². The van der Waals surface area contributed by atoms with Gasteiger partial charge in [0, 0.05) is 30.8 Å². The number of hydrogen-bond acceptors (Lipinski definition) is 9. The van der Waals surface area contributed by atoms with Crippen molar-refractivity contribution in [2.45, 2.75) is 6.29 Å². The molecule has 0 bridgehead atoms. The van der Waals surface area contributed by atoms with E-state index in [2.05, 4.69) is 32.3 Å². The first-order valence-electron chi connectivity index (χ1n) is 12.7. The minimum Gasteiger partial charge on any atom is -0.492 e. The number of anilines is 1. The molecule has 2 saturated heterocycles. The average Bonchev–Trinajstić information content (AvgIpc) is 3.62. The van der Waals surface area contributed by atoms with Crippen molar-refractivity contribution < 1.29 is 23.4 Å². The Morgan fingerprint density at radius 3 is 2.46 bits per heavy atom. The largest absolute Gasteiger partial charge is 0.492 e. The third-order valence-electron chi connectivity index (χ3n) is 6.57. The Morgan fingerprint density at radius 2 is 1.68 bits per heavy atom. The second-order valence-corrected chi connectivity index (χ2v) is 8.95. The van der Waals surface area contributed by atoms with E-state index in [1.54, 1.807) is 0 Å². The molecule has 0 spiro atoms. The fourth-order valence-electron chi connectivity index (χ4n) is 4.68. The summed E-state index contributed by atoms with van der Waals surface area (Å²) in [4.78, 5) is 11.3. The molecule has 0 aliphatic carbocycles. The molecule has 2 aromatic heterocycles. The van der Waals surface area contributed by atoms with Gasteiger partial charge in [0.25, 0.3) is 0 Å². The van der Waals surface area contributed by atoms with Crippen LogP contribution in [0.3, 0.4) is 0 Å². The molecule has 0 radical (unpaired) electrons. The molecule has 0 unspecified atom stereocenters. The molecule has 6 rings (SSSR count). The number of furan rings is 1. The van der Waals surface area contributed by atoms with Gasteiger partial charge in [0.1, 0.15) is 30.3 Å². The number of benzene rings is 2. The lowest BCUT2D eigenvalue weighted by Crippen LogP contribution is -2.38. The van der Waals surface area contributed by atoms with Crippen molar-refractivity contribution in [1.29, 1.82) is 0 Å². The maximum atomic E-state index is 6.34. The standard InChI is InChI=1S/C28H30N4O5/c1-2-4-20(5-3-1)24-25-27(29-18-23-35-16-17-36-23)30-19-31-28(25)37-26(24)21-6-8-22(9-7-21)34-15-12-32-10-13-33-14-11-32/h1-9,19,23H,10-18H2,(H,29,30,31). The molecule has 2 aromatic carbocycles. The van der Waals surface area contributed by atoms with Crippen molar-refractivity contribution >= 4 is 16.9 Å². The number of fused-ring (bicyclic) bond motifs is 1. The number of hydrogen-bond donors (Lipinski definition) is 1. The lowest BCUT2D eigenvalue weighted by molar-refractivity contribution is -0.0299. The van der Waals surface area contributed by atoms with Crippen molar-refractivity contribution in [3.63, 3.8) is 0 Å². The second kappa shape index (κ2) is 11.3. The molecule has 4 aromatic rings. The third kappa shape index (κ3) is 5.45. The highest BCUT2D eigenvalue weighted by molar-refractivity contribution is 6.05. The van der Waals surface area contributed by atoms with Crippen LogP contribution in [-0.4, -0.2) is 80.4 Å². The van der Waals surface area contributed by atoms with E-state index in [-0.39, 0.29) is 6.29 Å². The molecule has 1 N–H and O–H groups in total. The Bertz CT molecular complexity index is 1300. The van der Waals surface area contributed by atoms with Gasteiger partial charge in [0.15, 0.2) is 6.29 Å². The average molecular weight is 503 g/mol. The number of aromatic nitrogens is 2. The van der Waals surface area contributed by atoms with Gasteiger partial charge in [-0.1, -0.05) is 30.3 Å². The van der Waals surface area contributed by atoms with Crippen LogP contribution in [0.5, 0.6) is 5.75 Å². The Labute approximate surface area is 215 Å². The lowest BCUT2D eigenvalue weighted by atomic mass is 9.99. The predicted octanol–water partition coefficient (Wildman–Crippen LogP) is 4.05. The fraction of sp³-hybridized carbons (Fsp3) is 0.357. The molecule has 0 saturated carbocycles. The maximum absolute atomic E-state index is 6.34. The summed E-state index contributed by atoms with van der Waals surface area (Å²) in [5.74, 6) is 2.24. The van der Waals surface area contributed by atoms with Crippen LogP contribution in [0.1, 0.15) is 0 Å². The van der Waals surface area contributed by atoms with Crippen LogP contribution in [-0.2, 0) is 14.2 Å². The van der Waals surface area contributed by atoms with Crippen LogP contribution in [0.4, 0.5) is 5.82 Å². The highest BCUT2D eigenvalue weighted by Crippen LogP contribution is 2.42. The second-order valence-electron chi connectivity index (χ2n) is 8.95. The smallest absolute Gasteiger partial charge is 0.232 e. The summed E-state index contributed by atoms with van der Waals surface area (Å²) >= 11 is 0. The van der Waals surface area contributed by atoms with Crippen molar-refractivity contribution in [3.8, 4) is 28.2 Å². The van der Waals surface area contributed by atoms with Crippen LogP contribution in [0.2, 0.25) is 0 Å². The predicted molar refractivity (Wildman–Crippen MR) is 140 cm³/mol. The highest BCUT2D eigenvalue weighted by Gasteiger charge is 2.23. The van der Waals surface area contributed by atoms with Gasteiger partial charge < -0.3 is 28.7 Å². The molecule has 0 atom stereocenters. The topological polar surface area (TPSA) is 91.1 Å². The summed E-state index contributed by atoms with van der Waals surface area (Å²) in [7, 11) is 0. The highest BCUT2D eigenvalue weighted by atomic mass is 16.7. The van der Waals surface area contributed by atoms with Crippen molar-refractivity contribution in [2.75, 3.05) is 64.5 Å². The van der Waals surface area contributed by atoms with Crippen LogP contribution in [0.15, 0.2) is 65.3 Å². The molecule has 9 heteroatoms. The minimum absolute atomic E-state index is 0.299. The van der Waals surface area contributed by atoms with Gasteiger partial charge in [-0.15, -0.1) is 0 Å². The van der Waals surface area contributed by atoms with Crippen LogP contribution >= 0.6 is 0 Å². The molecule has 0 amide bonds. The molecule has 37 heavy (non-hydrogen) atoms. The maximum Gasteiger partial charge on any atom is 0.232 e. The van der Waals surface area contributed by atoms with E-state index in [4.69, 9.17) is 23.4 Å². The summed E-state index contributed by atoms with van der Waals surface area (Å²) in [5.41, 5.74) is 3.41. The first-order chi connectivity index (χ1) is 18.3. The Balaban J connectivity index is 1.27. The zero-order valence-corrected chi connectivity index (χ0v) is 20.6. The summed E-state index contributed by atoms with van der Waals surface area (Å²) in [6, 6.07) is 18.2. The SMILES string of the molecule is c1ccc(-c2c(-c3ccc(OCCN4CCOCC4)cc3)oc3ncnc(NCC4OCCO4)c23)cc1. The molecular weight excluding hydrogens is 472 g/mol. The lowest BCUT2D eigenvalue weighted by Gasteiger charge is -2.26. The number of ether oxygens (including phenoxy) is 4. The quantitative estimate of drug-likeness (QED) is 0.364. The molecule has 2 fully saturated rings. The molecule has 9 nitrogen and oxygen atoms in total. The fourth-order valence-corrected chi connectivity index (χ4v) is 4.68. The zero-order chi connectivity index (χ0) is 24.9. The normalized spacial score (nSPS) is 16.9. The van der Waals surface area contributed by atoms with E-state index in [1.807, 2.05) is 42.5 Å². The van der Waals surface area contributed by atoms with Crippen LogP contribution < -0.4 is 10.1 Å². The van der Waals surface area contributed by atoms with Gasteiger partial charge in [-0.2, -0.15) is 0 Å². The minimum atomic E-state index is -0.299. The molecule has 2 aliphatic rings. The Morgan fingerprint density at radius 1 is 0.892 bits per heavy atom. The van der Waals surface area contributed by atoms with Gasteiger partial charge in [-0.25, -0.2) is 9.97 Å². The van der Waals surface area contributed by atoms with E-state index in [9.17, 15) is 0 Å². The van der Waals surface area contributed by atoms with E-state index in [0.717, 1.165) is 66.4 Å². The summed E-state index contributed by atoms with van der Waals surface area (Å²) in [6.45, 7) is 6.70. The Hall–Kier alpha value is -3.50. The summed E-state index contributed by atoms with van der Waals surface area (Å²) in [6.07, 6.45) is 1.21. The van der Waals surface area contributed by atoms with E-state index in [0.29, 0.717) is 37.9 Å². The monoisotopic (exact) mass is 502 g/mol. The first kappa shape index (κ1) is 23.9. The van der Waals surface area contributed by atoms with E-state index < -0.39 is 0 Å². The van der Waals surface area contributed by atoms with Crippen LogP contribution in [0.25, 0.3) is 33.6 Å². The molecule has 4 heterocycles. The third-order valence-corrected chi connectivity index (χ3v) is 6.57. The number of nitrogens with one attached hydrogen (secondary N) is 1. The molecular formula is C28H30N4O5. The van der Waals surface area contributed by atoms with Gasteiger partial charge in [0.2, 0.25) is 5.71 Å². The number of nitrogens with zero attached hydrogens (tertiary/aromatic N) is 3. The van der Waals surface area contributed by atoms with Gasteiger partial charge in [0.05, 0.1) is 38.4 Å². The molecule has 2 aliphatic heterocycles. The number of morpholine rings is 1. The van der Waals surface area contributed by atoms with Crippen LogP contribution in [0, 0.1) is 0 Å². The first-order valence-corrected chi connectivity index (χ1v) is 12.7. The zero-order valence-electron chi connectivity index (χ0n) is 20.6. The van der Waals surface area contributed by atoms with Crippen molar-refractivity contribution in [3.05, 3.63) is 60.9 Å². The summed E-state index contributed by atoms with van der Waals surface area (Å²) < 4.78 is 28.9. The molecule has 192 valence electrons. The van der Waals surface area contributed by atoms with E-state index in [1.165, 1.54) is 6.33 Å². The van der Waals surface area contributed by atoms with Crippen molar-refractivity contribution in [2.24, 2.45) is 0 Å². The van der Waals surface area contributed by atoms with Gasteiger partial charge in [-0.3, -0.25) is 4.90 Å². The van der Waals surface area contributed by atoms with E-state index >= 15 is 0 Å². The Kier molecular flexibility index (Phi) is 7.27.